The van der Waals surface area contributed by atoms with E-state index in [4.69, 9.17) is 21.1 Å². The fraction of sp³-hybridized carbons (Fsp3) is 0.438. The summed E-state index contributed by atoms with van der Waals surface area (Å²) in [6.45, 7) is 4.56. The zero-order valence-corrected chi connectivity index (χ0v) is 13.8. The molecule has 0 N–H and O–H groups in total. The zero-order valence-electron chi connectivity index (χ0n) is 13.0. The number of rotatable bonds is 5. The van der Waals surface area contributed by atoms with Crippen LogP contribution in [-0.2, 0) is 13.6 Å². The van der Waals surface area contributed by atoms with E-state index in [9.17, 15) is 0 Å². The first-order valence-electron chi connectivity index (χ1n) is 7.28. The maximum absolute atomic E-state index is 6.27. The van der Waals surface area contributed by atoms with E-state index in [0.29, 0.717) is 5.15 Å². The van der Waals surface area contributed by atoms with Gasteiger partial charge in [0.2, 0.25) is 0 Å². The Balaban J connectivity index is 1.56. The van der Waals surface area contributed by atoms with Crippen molar-refractivity contribution in [2.45, 2.75) is 19.6 Å². The van der Waals surface area contributed by atoms with Crippen LogP contribution in [0.3, 0.4) is 0 Å². The number of hydrogen-bond acceptors (Lipinski definition) is 4. The van der Waals surface area contributed by atoms with Crippen molar-refractivity contribution in [1.29, 1.82) is 0 Å². The van der Waals surface area contributed by atoms with Crippen LogP contribution in [0.1, 0.15) is 11.3 Å². The van der Waals surface area contributed by atoms with Gasteiger partial charge in [-0.15, -0.1) is 0 Å². The van der Waals surface area contributed by atoms with Gasteiger partial charge in [-0.2, -0.15) is 5.10 Å². The number of methoxy groups -OCH3 is 1. The van der Waals surface area contributed by atoms with Crippen molar-refractivity contribution in [3.63, 3.8) is 0 Å². The molecule has 2 heterocycles. The third kappa shape index (κ3) is 2.91. The molecule has 3 rings (SSSR count). The summed E-state index contributed by atoms with van der Waals surface area (Å²) in [4.78, 5) is 2.30. The van der Waals surface area contributed by atoms with Gasteiger partial charge in [0.05, 0.1) is 12.8 Å². The van der Waals surface area contributed by atoms with E-state index in [0.717, 1.165) is 42.4 Å². The fourth-order valence-electron chi connectivity index (χ4n) is 2.70. The molecule has 1 aliphatic heterocycles. The monoisotopic (exact) mass is 321 g/mol. The summed E-state index contributed by atoms with van der Waals surface area (Å²) in [6, 6.07) is 7.73. The summed E-state index contributed by atoms with van der Waals surface area (Å²) < 4.78 is 13.0. The first kappa shape index (κ1) is 15.2. The highest BCUT2D eigenvalue weighted by atomic mass is 35.5. The molecule has 1 fully saturated rings. The third-order valence-corrected chi connectivity index (χ3v) is 4.41. The summed E-state index contributed by atoms with van der Waals surface area (Å²) in [5.41, 5.74) is 2.08. The van der Waals surface area contributed by atoms with E-state index < -0.39 is 0 Å². The molecule has 0 unspecified atom stereocenters. The molecular weight excluding hydrogens is 302 g/mol. The first-order chi connectivity index (χ1) is 10.6. The topological polar surface area (TPSA) is 39.5 Å². The Hall–Kier alpha value is -1.72. The number of nitrogens with zero attached hydrogens (tertiary/aromatic N) is 3. The lowest BCUT2D eigenvalue weighted by atomic mass is 10.1. The van der Waals surface area contributed by atoms with E-state index >= 15 is 0 Å². The zero-order chi connectivity index (χ0) is 15.7. The lowest BCUT2D eigenvalue weighted by Gasteiger charge is -2.39. The average molecular weight is 322 g/mol. The molecule has 1 saturated heterocycles. The van der Waals surface area contributed by atoms with Crippen LogP contribution < -0.4 is 9.47 Å². The maximum atomic E-state index is 6.27. The molecule has 5 nitrogen and oxygen atoms in total. The van der Waals surface area contributed by atoms with Crippen molar-refractivity contribution in [3.8, 4) is 11.5 Å². The van der Waals surface area contributed by atoms with Crippen LogP contribution in [0.4, 0.5) is 0 Å². The van der Waals surface area contributed by atoms with Gasteiger partial charge in [-0.3, -0.25) is 9.58 Å². The molecule has 0 saturated carbocycles. The van der Waals surface area contributed by atoms with Crippen LogP contribution in [-0.4, -0.2) is 41.0 Å². The number of hydrogen-bond donors (Lipinski definition) is 0. The van der Waals surface area contributed by atoms with Crippen LogP contribution in [0.25, 0.3) is 0 Å². The van der Waals surface area contributed by atoms with E-state index in [-0.39, 0.29) is 6.10 Å². The highest BCUT2D eigenvalue weighted by Crippen LogP contribution is 2.29. The van der Waals surface area contributed by atoms with Crippen molar-refractivity contribution in [2.24, 2.45) is 7.05 Å². The second kappa shape index (κ2) is 6.18. The number of aryl methyl sites for hydroxylation is 2. The predicted octanol–water partition coefficient (Wildman–Crippen LogP) is 2.65. The Morgan fingerprint density at radius 3 is 2.55 bits per heavy atom. The molecule has 2 aromatic rings. The standard InChI is InChI=1S/C16H20ClN3O2/c1-11-13(16(17)19(2)18-11)10-20-8-12(9-20)22-15-7-5-4-6-14(15)21-3/h4-7,12H,8-10H2,1-3H3. The minimum absolute atomic E-state index is 0.187. The van der Waals surface area contributed by atoms with E-state index in [2.05, 4.69) is 10.00 Å². The Labute approximate surface area is 135 Å². The Bertz CT molecular complexity index is 665. The Morgan fingerprint density at radius 2 is 1.95 bits per heavy atom. The van der Waals surface area contributed by atoms with Gasteiger partial charge in [0, 0.05) is 32.2 Å². The van der Waals surface area contributed by atoms with Gasteiger partial charge in [-0.25, -0.2) is 0 Å². The fourth-order valence-corrected chi connectivity index (χ4v) is 2.93. The lowest BCUT2D eigenvalue weighted by molar-refractivity contribution is 0.0130. The molecule has 0 spiro atoms. The largest absolute Gasteiger partial charge is 0.493 e. The molecule has 118 valence electrons. The minimum atomic E-state index is 0.187. The molecule has 22 heavy (non-hydrogen) atoms. The predicted molar refractivity (Wildman–Crippen MR) is 85.6 cm³/mol. The van der Waals surface area contributed by atoms with E-state index in [1.807, 2.05) is 38.2 Å². The number of aromatic nitrogens is 2. The summed E-state index contributed by atoms with van der Waals surface area (Å²) >= 11 is 6.27. The summed E-state index contributed by atoms with van der Waals surface area (Å²) in [5.74, 6) is 1.57. The molecule has 0 radical (unpaired) electrons. The van der Waals surface area contributed by atoms with Crippen LogP contribution in [0, 0.1) is 6.92 Å². The average Bonchev–Trinajstić information content (AvgIpc) is 2.71. The smallest absolute Gasteiger partial charge is 0.161 e. The summed E-state index contributed by atoms with van der Waals surface area (Å²) in [5, 5.41) is 5.06. The van der Waals surface area contributed by atoms with Crippen molar-refractivity contribution < 1.29 is 9.47 Å². The quantitative estimate of drug-likeness (QED) is 0.849. The molecule has 6 heteroatoms. The van der Waals surface area contributed by atoms with E-state index in [1.54, 1.807) is 11.8 Å². The van der Waals surface area contributed by atoms with Crippen LogP contribution in [0.5, 0.6) is 11.5 Å². The van der Waals surface area contributed by atoms with Crippen molar-refractivity contribution in [2.75, 3.05) is 20.2 Å². The number of halogens is 1. The molecular formula is C16H20ClN3O2. The van der Waals surface area contributed by atoms with Gasteiger partial charge < -0.3 is 9.47 Å². The Morgan fingerprint density at radius 1 is 1.27 bits per heavy atom. The molecule has 1 aliphatic rings. The highest BCUT2D eigenvalue weighted by molar-refractivity contribution is 6.30. The van der Waals surface area contributed by atoms with Gasteiger partial charge in [-0.1, -0.05) is 23.7 Å². The SMILES string of the molecule is COc1ccccc1OC1CN(Cc2c(C)nn(C)c2Cl)C1. The second-order valence-electron chi connectivity index (χ2n) is 5.56. The minimum Gasteiger partial charge on any atom is -0.493 e. The van der Waals surface area contributed by atoms with Crippen molar-refractivity contribution in [3.05, 3.63) is 40.7 Å². The molecule has 0 bridgehead atoms. The van der Waals surface area contributed by atoms with Crippen LogP contribution in [0.15, 0.2) is 24.3 Å². The molecule has 1 aromatic carbocycles. The third-order valence-electron chi connectivity index (χ3n) is 3.94. The van der Waals surface area contributed by atoms with Gasteiger partial charge in [-0.05, 0) is 19.1 Å². The lowest BCUT2D eigenvalue weighted by Crippen LogP contribution is -2.53. The molecule has 0 aliphatic carbocycles. The van der Waals surface area contributed by atoms with Gasteiger partial charge in [0.1, 0.15) is 11.3 Å². The number of benzene rings is 1. The van der Waals surface area contributed by atoms with Gasteiger partial charge >= 0.3 is 0 Å². The van der Waals surface area contributed by atoms with Crippen LogP contribution in [0.2, 0.25) is 5.15 Å². The summed E-state index contributed by atoms with van der Waals surface area (Å²) in [7, 11) is 3.52. The van der Waals surface area contributed by atoms with Gasteiger partial charge in [0.15, 0.2) is 11.5 Å². The molecule has 0 atom stereocenters. The first-order valence-corrected chi connectivity index (χ1v) is 7.66. The van der Waals surface area contributed by atoms with Crippen molar-refractivity contribution in [1.82, 2.24) is 14.7 Å². The molecule has 1 aromatic heterocycles. The molecule has 0 amide bonds. The highest BCUT2D eigenvalue weighted by Gasteiger charge is 2.30. The van der Waals surface area contributed by atoms with E-state index in [1.165, 1.54) is 0 Å². The van der Waals surface area contributed by atoms with Crippen molar-refractivity contribution >= 4 is 11.6 Å². The van der Waals surface area contributed by atoms with Gasteiger partial charge in [0.25, 0.3) is 0 Å². The normalized spacial score (nSPS) is 15.6. The second-order valence-corrected chi connectivity index (χ2v) is 5.92. The Kier molecular flexibility index (Phi) is 4.27. The maximum Gasteiger partial charge on any atom is 0.161 e. The summed E-state index contributed by atoms with van der Waals surface area (Å²) in [6.07, 6.45) is 0.187. The number of ether oxygens (including phenoxy) is 2. The van der Waals surface area contributed by atoms with Crippen LogP contribution >= 0.6 is 11.6 Å². The number of para-hydroxylation sites is 2. The number of likely N-dealkylation sites (tertiary alicyclic amines) is 1.